The van der Waals surface area contributed by atoms with E-state index in [1.54, 1.807) is 0 Å². The molecule has 0 saturated heterocycles. The van der Waals surface area contributed by atoms with E-state index in [1.807, 2.05) is 24.3 Å². The van der Waals surface area contributed by atoms with Crippen molar-refractivity contribution in [2.24, 2.45) is 5.41 Å². The molecule has 0 aromatic heterocycles. The van der Waals surface area contributed by atoms with Crippen LogP contribution in [0.1, 0.15) is 39.5 Å². The first-order valence-electron chi connectivity index (χ1n) is 7.23. The van der Waals surface area contributed by atoms with Gasteiger partial charge in [0.05, 0.1) is 6.54 Å². The van der Waals surface area contributed by atoms with Crippen molar-refractivity contribution in [2.75, 3.05) is 11.9 Å². The van der Waals surface area contributed by atoms with Gasteiger partial charge >= 0.3 is 0 Å². The molecule has 0 heterocycles. The molecule has 1 saturated carbocycles. The largest absolute Gasteiger partial charge is 0.325 e. The summed E-state index contributed by atoms with van der Waals surface area (Å²) in [6.45, 7) is 5.00. The highest BCUT2D eigenvalue weighted by Gasteiger charge is 2.27. The summed E-state index contributed by atoms with van der Waals surface area (Å²) in [7, 11) is 0. The fourth-order valence-electron chi connectivity index (χ4n) is 2.85. The molecule has 1 atom stereocenters. The smallest absolute Gasteiger partial charge is 0.238 e. The molecular weight excluding hydrogens is 316 g/mol. The Balaban J connectivity index is 1.76. The molecule has 1 aromatic carbocycles. The Hall–Kier alpha value is -0.870. The van der Waals surface area contributed by atoms with Gasteiger partial charge in [-0.2, -0.15) is 0 Å². The molecule has 0 radical (unpaired) electrons. The van der Waals surface area contributed by atoms with E-state index in [-0.39, 0.29) is 5.91 Å². The number of halogens is 1. The summed E-state index contributed by atoms with van der Waals surface area (Å²) in [6.07, 6.45) is 4.86. The Kier molecular flexibility index (Phi) is 5.22. The number of amides is 1. The van der Waals surface area contributed by atoms with Gasteiger partial charge in [0.2, 0.25) is 5.91 Å². The van der Waals surface area contributed by atoms with Crippen LogP contribution in [0.2, 0.25) is 0 Å². The van der Waals surface area contributed by atoms with Crippen LogP contribution in [0.25, 0.3) is 0 Å². The summed E-state index contributed by atoms with van der Waals surface area (Å²) >= 11 is 3.38. The predicted octanol–water partition coefficient (Wildman–Crippen LogP) is 3.95. The summed E-state index contributed by atoms with van der Waals surface area (Å²) in [5.74, 6) is 0.0238. The monoisotopic (exact) mass is 338 g/mol. The van der Waals surface area contributed by atoms with Crippen LogP contribution >= 0.6 is 15.9 Å². The maximum Gasteiger partial charge on any atom is 0.238 e. The molecule has 1 fully saturated rings. The lowest BCUT2D eigenvalue weighted by Gasteiger charge is -2.35. The van der Waals surface area contributed by atoms with Crippen molar-refractivity contribution in [1.82, 2.24) is 5.32 Å². The third-order valence-electron chi connectivity index (χ3n) is 3.88. The van der Waals surface area contributed by atoms with Crippen molar-refractivity contribution in [3.63, 3.8) is 0 Å². The van der Waals surface area contributed by atoms with E-state index in [1.165, 1.54) is 19.3 Å². The molecule has 1 aliphatic rings. The Bertz CT molecular complexity index is 456. The summed E-state index contributed by atoms with van der Waals surface area (Å²) < 4.78 is 1.01. The molecule has 1 amide bonds. The van der Waals surface area contributed by atoms with E-state index in [0.717, 1.165) is 16.6 Å². The maximum atomic E-state index is 11.9. The molecule has 110 valence electrons. The highest BCUT2D eigenvalue weighted by atomic mass is 79.9. The summed E-state index contributed by atoms with van der Waals surface area (Å²) in [5, 5.41) is 6.29. The molecule has 2 N–H and O–H groups in total. The van der Waals surface area contributed by atoms with Crippen molar-refractivity contribution in [3.05, 3.63) is 28.7 Å². The van der Waals surface area contributed by atoms with Crippen LogP contribution in [-0.4, -0.2) is 18.5 Å². The van der Waals surface area contributed by atoms with Gasteiger partial charge in [0.15, 0.2) is 0 Å². The van der Waals surface area contributed by atoms with Crippen molar-refractivity contribution < 1.29 is 4.79 Å². The zero-order valence-electron chi connectivity index (χ0n) is 12.2. The van der Waals surface area contributed by atoms with Gasteiger partial charge in [-0.3, -0.25) is 4.79 Å². The Morgan fingerprint density at radius 2 is 2.05 bits per heavy atom. The topological polar surface area (TPSA) is 41.1 Å². The van der Waals surface area contributed by atoms with Crippen LogP contribution in [0.5, 0.6) is 0 Å². The minimum atomic E-state index is 0.0238. The minimum absolute atomic E-state index is 0.0238. The average Bonchev–Trinajstić information content (AvgIpc) is 2.38. The van der Waals surface area contributed by atoms with Gasteiger partial charge in [-0.05, 0) is 48.9 Å². The second kappa shape index (κ2) is 6.72. The van der Waals surface area contributed by atoms with Crippen LogP contribution in [0.15, 0.2) is 28.7 Å². The minimum Gasteiger partial charge on any atom is -0.325 e. The highest BCUT2D eigenvalue weighted by molar-refractivity contribution is 9.10. The first-order valence-corrected chi connectivity index (χ1v) is 8.03. The van der Waals surface area contributed by atoms with E-state index >= 15 is 0 Å². The van der Waals surface area contributed by atoms with E-state index in [4.69, 9.17) is 0 Å². The third-order valence-corrected chi connectivity index (χ3v) is 4.41. The van der Waals surface area contributed by atoms with Gasteiger partial charge in [0.1, 0.15) is 0 Å². The normalized spacial score (nSPS) is 21.4. The molecular formula is C16H23BrN2O. The fourth-order valence-corrected chi connectivity index (χ4v) is 3.11. The van der Waals surface area contributed by atoms with Gasteiger partial charge in [-0.25, -0.2) is 0 Å². The van der Waals surface area contributed by atoms with Crippen LogP contribution in [0.3, 0.4) is 0 Å². The van der Waals surface area contributed by atoms with Crippen LogP contribution < -0.4 is 10.6 Å². The lowest BCUT2D eigenvalue weighted by atomic mass is 9.75. The van der Waals surface area contributed by atoms with Crippen LogP contribution in [0, 0.1) is 5.41 Å². The van der Waals surface area contributed by atoms with Crippen molar-refractivity contribution >= 4 is 27.5 Å². The lowest BCUT2D eigenvalue weighted by molar-refractivity contribution is -0.115. The molecule has 1 aromatic rings. The number of hydrogen-bond donors (Lipinski definition) is 2. The average molecular weight is 339 g/mol. The van der Waals surface area contributed by atoms with Gasteiger partial charge < -0.3 is 10.6 Å². The van der Waals surface area contributed by atoms with Gasteiger partial charge in [-0.15, -0.1) is 0 Å². The molecule has 0 spiro atoms. The zero-order chi connectivity index (χ0) is 14.6. The van der Waals surface area contributed by atoms with Crippen molar-refractivity contribution in [2.45, 2.75) is 45.6 Å². The molecule has 1 aliphatic carbocycles. The van der Waals surface area contributed by atoms with E-state index in [0.29, 0.717) is 18.0 Å². The van der Waals surface area contributed by atoms with Crippen LogP contribution in [-0.2, 0) is 4.79 Å². The first-order chi connectivity index (χ1) is 9.44. The number of rotatable bonds is 4. The number of nitrogens with one attached hydrogen (secondary N) is 2. The molecule has 4 heteroatoms. The Morgan fingerprint density at radius 3 is 2.70 bits per heavy atom. The second-order valence-corrected chi connectivity index (χ2v) is 7.31. The molecule has 3 nitrogen and oxygen atoms in total. The van der Waals surface area contributed by atoms with Crippen LogP contribution in [0.4, 0.5) is 5.69 Å². The Labute approximate surface area is 129 Å². The number of anilines is 1. The fraction of sp³-hybridized carbons (Fsp3) is 0.562. The molecule has 20 heavy (non-hydrogen) atoms. The lowest BCUT2D eigenvalue weighted by Crippen LogP contribution is -2.41. The standard InChI is InChI=1S/C16H23BrN2O/c1-16(2)9-3-4-14(10-16)18-11-15(20)19-13-7-5-12(17)6-8-13/h5-8,14,18H,3-4,9-11H2,1-2H3,(H,19,20). The zero-order valence-corrected chi connectivity index (χ0v) is 13.8. The van der Waals surface area contributed by atoms with Gasteiger partial charge in [0.25, 0.3) is 0 Å². The highest BCUT2D eigenvalue weighted by Crippen LogP contribution is 2.34. The number of hydrogen-bond acceptors (Lipinski definition) is 2. The number of benzene rings is 1. The molecule has 2 rings (SSSR count). The van der Waals surface area contributed by atoms with E-state index in [2.05, 4.69) is 40.4 Å². The second-order valence-electron chi connectivity index (χ2n) is 6.39. The van der Waals surface area contributed by atoms with Crippen molar-refractivity contribution in [3.8, 4) is 0 Å². The third kappa shape index (κ3) is 4.91. The predicted molar refractivity (Wildman–Crippen MR) is 86.8 cm³/mol. The summed E-state index contributed by atoms with van der Waals surface area (Å²) in [4.78, 5) is 11.9. The SMILES string of the molecule is CC1(C)CCCC(NCC(=O)Nc2ccc(Br)cc2)C1. The van der Waals surface area contributed by atoms with Gasteiger partial charge in [-0.1, -0.05) is 36.2 Å². The van der Waals surface area contributed by atoms with E-state index < -0.39 is 0 Å². The summed E-state index contributed by atoms with van der Waals surface area (Å²) in [5.41, 5.74) is 1.24. The van der Waals surface area contributed by atoms with Gasteiger partial charge in [0, 0.05) is 16.2 Å². The Morgan fingerprint density at radius 1 is 1.35 bits per heavy atom. The maximum absolute atomic E-state index is 11.9. The number of carbonyl (C=O) groups is 1. The van der Waals surface area contributed by atoms with E-state index in [9.17, 15) is 4.79 Å². The quantitative estimate of drug-likeness (QED) is 0.872. The molecule has 0 aliphatic heterocycles. The first kappa shape index (κ1) is 15.5. The number of carbonyl (C=O) groups excluding carboxylic acids is 1. The summed E-state index contributed by atoms with van der Waals surface area (Å²) in [6, 6.07) is 8.10. The van der Waals surface area contributed by atoms with Crippen molar-refractivity contribution in [1.29, 1.82) is 0 Å². The molecule has 0 bridgehead atoms. The molecule has 1 unspecified atom stereocenters.